The first-order chi connectivity index (χ1) is 12.7. The molecule has 2 N–H and O–H groups in total. The Labute approximate surface area is 155 Å². The molecule has 1 saturated heterocycles. The van der Waals surface area contributed by atoms with Gasteiger partial charge in [-0.05, 0) is 24.6 Å². The van der Waals surface area contributed by atoms with Crippen molar-refractivity contribution in [3.05, 3.63) is 52.9 Å². The fourth-order valence-corrected chi connectivity index (χ4v) is 4.30. The largest absolute Gasteiger partial charge is 0.370 e. The predicted octanol–water partition coefficient (Wildman–Crippen LogP) is 1.14. The molecule has 3 atom stereocenters. The molecule has 0 bridgehead atoms. The average Bonchev–Trinajstić information content (AvgIpc) is 3.16. The van der Waals surface area contributed by atoms with Gasteiger partial charge >= 0.3 is 0 Å². The van der Waals surface area contributed by atoms with Crippen LogP contribution in [0, 0.1) is 11.6 Å². The first kappa shape index (κ1) is 18.5. The molecule has 0 unspecified atom stereocenters. The summed E-state index contributed by atoms with van der Waals surface area (Å²) >= 11 is 0. The van der Waals surface area contributed by atoms with Crippen molar-refractivity contribution in [1.82, 2.24) is 14.1 Å². The number of halogens is 2. The van der Waals surface area contributed by atoms with Crippen LogP contribution in [-0.2, 0) is 27.8 Å². The monoisotopic (exact) mass is 398 g/mol. The quantitative estimate of drug-likeness (QED) is 0.834. The van der Waals surface area contributed by atoms with E-state index in [9.17, 15) is 17.2 Å². The number of aromatic nitrogens is 2. The van der Waals surface area contributed by atoms with E-state index >= 15 is 0 Å². The minimum atomic E-state index is -3.40. The number of rotatable bonds is 3. The number of nitrogens with zero attached hydrogens (tertiary/aromatic N) is 3. The molecule has 0 amide bonds. The Hall–Kier alpha value is -1.88. The smallest absolute Gasteiger partial charge is 0.250 e. The lowest BCUT2D eigenvalue weighted by atomic mass is 9.93. The summed E-state index contributed by atoms with van der Waals surface area (Å²) in [7, 11) is -3.40. The molecule has 4 rings (SSSR count). The van der Waals surface area contributed by atoms with Crippen molar-refractivity contribution < 1.29 is 21.9 Å². The zero-order valence-electron chi connectivity index (χ0n) is 14.7. The number of hydrogen-bond acceptors (Lipinski definition) is 6. The van der Waals surface area contributed by atoms with E-state index in [0.717, 1.165) is 34.1 Å². The molecule has 10 heteroatoms. The van der Waals surface area contributed by atoms with Crippen LogP contribution in [-0.4, -0.2) is 47.4 Å². The maximum Gasteiger partial charge on any atom is 0.250 e. The summed E-state index contributed by atoms with van der Waals surface area (Å²) in [5.41, 5.74) is 7.91. The Morgan fingerprint density at radius 3 is 2.74 bits per heavy atom. The highest BCUT2D eigenvalue weighted by atomic mass is 32.2. The minimum Gasteiger partial charge on any atom is -0.370 e. The highest BCUT2D eigenvalue weighted by molar-refractivity contribution is 7.89. The molecule has 27 heavy (non-hydrogen) atoms. The van der Waals surface area contributed by atoms with E-state index in [1.165, 1.54) is 6.20 Å². The van der Waals surface area contributed by atoms with Gasteiger partial charge in [0.2, 0.25) is 0 Å². The molecule has 0 saturated carbocycles. The topological polar surface area (TPSA) is 90.5 Å². The lowest BCUT2D eigenvalue weighted by molar-refractivity contribution is -0.0533. The molecule has 2 aliphatic heterocycles. The van der Waals surface area contributed by atoms with E-state index in [1.54, 1.807) is 0 Å². The van der Waals surface area contributed by atoms with Gasteiger partial charge in [0.15, 0.2) is 0 Å². The maximum absolute atomic E-state index is 14.0. The SMILES string of the molecule is CS(=O)(=O)n1cc2c(n1)CN([C@H]1CO[C@@H](c3cc(F)ccc3F)[C@H](N)C1)C2. The fourth-order valence-electron chi connectivity index (χ4n) is 3.73. The zero-order chi connectivity index (χ0) is 19.3. The Kier molecular flexibility index (Phi) is 4.53. The van der Waals surface area contributed by atoms with Crippen LogP contribution in [0.2, 0.25) is 0 Å². The number of nitrogens with two attached hydrogens (primary N) is 1. The molecule has 2 aliphatic rings. The van der Waals surface area contributed by atoms with Crippen LogP contribution in [0.25, 0.3) is 0 Å². The van der Waals surface area contributed by atoms with Crippen molar-refractivity contribution in [1.29, 1.82) is 0 Å². The Morgan fingerprint density at radius 1 is 1.30 bits per heavy atom. The van der Waals surface area contributed by atoms with Gasteiger partial charge in [0.1, 0.15) is 17.7 Å². The summed E-state index contributed by atoms with van der Waals surface area (Å²) in [6.07, 6.45) is 2.49. The van der Waals surface area contributed by atoms with E-state index in [4.69, 9.17) is 10.5 Å². The number of fused-ring (bicyclic) bond motifs is 1. The molecule has 7 nitrogen and oxygen atoms in total. The molecular formula is C17H20F2N4O3S. The summed E-state index contributed by atoms with van der Waals surface area (Å²) in [5, 5.41) is 4.13. The Balaban J connectivity index is 1.44. The van der Waals surface area contributed by atoms with E-state index in [-0.39, 0.29) is 11.6 Å². The molecule has 0 radical (unpaired) electrons. The second-order valence-corrected chi connectivity index (χ2v) is 8.95. The van der Waals surface area contributed by atoms with Gasteiger partial charge < -0.3 is 10.5 Å². The van der Waals surface area contributed by atoms with E-state index < -0.39 is 33.8 Å². The van der Waals surface area contributed by atoms with Gasteiger partial charge in [0, 0.05) is 42.5 Å². The summed E-state index contributed by atoms with van der Waals surface area (Å²) < 4.78 is 57.4. The third kappa shape index (κ3) is 3.49. The van der Waals surface area contributed by atoms with Crippen molar-refractivity contribution in [2.45, 2.75) is 37.7 Å². The molecule has 1 aromatic carbocycles. The van der Waals surface area contributed by atoms with Crippen LogP contribution < -0.4 is 5.73 Å². The molecule has 3 heterocycles. The lowest BCUT2D eigenvalue weighted by Crippen LogP contribution is -2.47. The molecule has 1 fully saturated rings. The van der Waals surface area contributed by atoms with Crippen LogP contribution in [0.1, 0.15) is 29.3 Å². The zero-order valence-corrected chi connectivity index (χ0v) is 15.5. The van der Waals surface area contributed by atoms with Crippen molar-refractivity contribution >= 4 is 10.0 Å². The predicted molar refractivity (Wildman–Crippen MR) is 93.1 cm³/mol. The molecule has 2 aromatic rings. The highest BCUT2D eigenvalue weighted by Crippen LogP contribution is 2.34. The third-order valence-corrected chi connectivity index (χ3v) is 5.97. The van der Waals surface area contributed by atoms with Crippen LogP contribution in [0.15, 0.2) is 24.4 Å². The van der Waals surface area contributed by atoms with Crippen molar-refractivity contribution in [3.63, 3.8) is 0 Å². The summed E-state index contributed by atoms with van der Waals surface area (Å²) in [5.74, 6) is -1.07. The second kappa shape index (κ2) is 6.62. The second-order valence-electron chi connectivity index (χ2n) is 7.11. The van der Waals surface area contributed by atoms with Crippen LogP contribution in [0.4, 0.5) is 8.78 Å². The average molecular weight is 398 g/mol. The standard InChI is InChI=1S/C17H20F2N4O3S/c1-27(24,25)23-7-10-6-22(8-16(10)21-23)12-5-15(20)17(26-9-12)13-4-11(18)2-3-14(13)19/h2-4,7,12,15,17H,5-6,8-9,20H2,1H3/t12-,15-,17+/m1/s1. The molecule has 1 aromatic heterocycles. The molecular weight excluding hydrogens is 378 g/mol. The molecule has 146 valence electrons. The van der Waals surface area contributed by atoms with Gasteiger partial charge in [0.25, 0.3) is 10.0 Å². The summed E-state index contributed by atoms with van der Waals surface area (Å²) in [6, 6.07) is 2.78. The lowest BCUT2D eigenvalue weighted by Gasteiger charge is -2.38. The first-order valence-corrected chi connectivity index (χ1v) is 10.4. The molecule has 0 spiro atoms. The van der Waals surface area contributed by atoms with Gasteiger partial charge in [-0.1, -0.05) is 0 Å². The van der Waals surface area contributed by atoms with Crippen molar-refractivity contribution in [3.8, 4) is 0 Å². The van der Waals surface area contributed by atoms with Crippen LogP contribution in [0.5, 0.6) is 0 Å². The summed E-state index contributed by atoms with van der Waals surface area (Å²) in [6.45, 7) is 1.37. The highest BCUT2D eigenvalue weighted by Gasteiger charge is 2.37. The van der Waals surface area contributed by atoms with Crippen LogP contribution >= 0.6 is 0 Å². The van der Waals surface area contributed by atoms with Crippen molar-refractivity contribution in [2.24, 2.45) is 5.73 Å². The number of ether oxygens (including phenoxy) is 1. The van der Waals surface area contributed by atoms with Gasteiger partial charge in [0.05, 0.1) is 18.6 Å². The van der Waals surface area contributed by atoms with Gasteiger partial charge in [-0.2, -0.15) is 9.19 Å². The van der Waals surface area contributed by atoms with Crippen molar-refractivity contribution in [2.75, 3.05) is 12.9 Å². The number of hydrogen-bond donors (Lipinski definition) is 1. The van der Waals surface area contributed by atoms with E-state index in [2.05, 4.69) is 10.00 Å². The fraction of sp³-hybridized carbons (Fsp3) is 0.471. The van der Waals surface area contributed by atoms with Gasteiger partial charge in [-0.25, -0.2) is 17.2 Å². The number of benzene rings is 1. The minimum absolute atomic E-state index is 0.00578. The van der Waals surface area contributed by atoms with Gasteiger partial charge in [-0.3, -0.25) is 4.90 Å². The van der Waals surface area contributed by atoms with Crippen LogP contribution in [0.3, 0.4) is 0 Å². The molecule has 0 aliphatic carbocycles. The summed E-state index contributed by atoms with van der Waals surface area (Å²) in [4.78, 5) is 2.11. The maximum atomic E-state index is 14.0. The third-order valence-electron chi connectivity index (χ3n) is 5.10. The Bertz CT molecular complexity index is 955. The van der Waals surface area contributed by atoms with E-state index in [0.29, 0.717) is 31.8 Å². The first-order valence-electron chi connectivity index (χ1n) is 8.56. The van der Waals surface area contributed by atoms with Gasteiger partial charge in [-0.15, -0.1) is 0 Å². The Morgan fingerprint density at radius 2 is 2.07 bits per heavy atom. The van der Waals surface area contributed by atoms with E-state index in [1.807, 2.05) is 0 Å². The normalized spacial score (nSPS) is 26.3.